The molecule has 2 N–H and O–H groups in total. The molecule has 4 nitrogen and oxygen atoms in total. The SMILES string of the molecule is CCN(Cc1cccs1)c1ccc(C(=O)N(C)C)cc1N. The second kappa shape index (κ2) is 6.63. The highest BCUT2D eigenvalue weighted by atomic mass is 32.1. The van der Waals surface area contributed by atoms with Crippen LogP contribution in [0, 0.1) is 0 Å². The van der Waals surface area contributed by atoms with Crippen molar-refractivity contribution in [1.29, 1.82) is 0 Å². The Balaban J connectivity index is 2.24. The lowest BCUT2D eigenvalue weighted by Gasteiger charge is -2.24. The second-order valence-electron chi connectivity index (χ2n) is 5.07. The van der Waals surface area contributed by atoms with Crippen molar-refractivity contribution >= 4 is 28.6 Å². The van der Waals surface area contributed by atoms with Crippen LogP contribution in [0.25, 0.3) is 0 Å². The summed E-state index contributed by atoms with van der Waals surface area (Å²) in [6.07, 6.45) is 0. The number of benzene rings is 1. The fraction of sp³-hybridized carbons (Fsp3) is 0.312. The van der Waals surface area contributed by atoms with Gasteiger partial charge in [-0.1, -0.05) is 6.07 Å². The van der Waals surface area contributed by atoms with Crippen molar-refractivity contribution < 1.29 is 4.79 Å². The van der Waals surface area contributed by atoms with Gasteiger partial charge in [-0.25, -0.2) is 0 Å². The number of nitrogens with two attached hydrogens (primary N) is 1. The van der Waals surface area contributed by atoms with Gasteiger partial charge in [0.1, 0.15) is 0 Å². The summed E-state index contributed by atoms with van der Waals surface area (Å²) in [7, 11) is 3.48. The number of thiophene rings is 1. The van der Waals surface area contributed by atoms with Crippen LogP contribution in [0.3, 0.4) is 0 Å². The van der Waals surface area contributed by atoms with Crippen LogP contribution in [-0.4, -0.2) is 31.4 Å². The number of carbonyl (C=O) groups excluding carboxylic acids is 1. The zero-order valence-corrected chi connectivity index (χ0v) is 13.5. The first kappa shape index (κ1) is 15.4. The van der Waals surface area contributed by atoms with Crippen LogP contribution in [-0.2, 0) is 6.54 Å². The molecule has 0 spiro atoms. The molecule has 1 aromatic carbocycles. The molecule has 0 aliphatic carbocycles. The van der Waals surface area contributed by atoms with Crippen LogP contribution >= 0.6 is 11.3 Å². The molecule has 0 aliphatic rings. The third kappa shape index (κ3) is 3.55. The van der Waals surface area contributed by atoms with Gasteiger partial charge in [-0.2, -0.15) is 0 Å². The van der Waals surface area contributed by atoms with Crippen molar-refractivity contribution in [3.8, 4) is 0 Å². The van der Waals surface area contributed by atoms with E-state index in [2.05, 4.69) is 29.3 Å². The first-order valence-corrected chi connectivity index (χ1v) is 7.79. The average molecular weight is 303 g/mol. The van der Waals surface area contributed by atoms with E-state index in [1.807, 2.05) is 12.1 Å². The molecule has 1 amide bonds. The maximum Gasteiger partial charge on any atom is 0.253 e. The number of nitrogens with zero attached hydrogens (tertiary/aromatic N) is 2. The molecule has 0 atom stereocenters. The summed E-state index contributed by atoms with van der Waals surface area (Å²) in [4.78, 5) is 17.0. The molecule has 5 heteroatoms. The van der Waals surface area contributed by atoms with Crippen molar-refractivity contribution in [2.75, 3.05) is 31.3 Å². The third-order valence-electron chi connectivity index (χ3n) is 3.33. The molecule has 0 aliphatic heterocycles. The number of anilines is 2. The highest BCUT2D eigenvalue weighted by Crippen LogP contribution is 2.27. The lowest BCUT2D eigenvalue weighted by atomic mass is 10.1. The van der Waals surface area contributed by atoms with Crippen molar-refractivity contribution in [3.05, 3.63) is 46.2 Å². The summed E-state index contributed by atoms with van der Waals surface area (Å²) in [5.41, 5.74) is 8.39. The number of carbonyl (C=O) groups is 1. The molecule has 0 bridgehead atoms. The largest absolute Gasteiger partial charge is 0.397 e. The molecule has 0 unspecified atom stereocenters. The summed E-state index contributed by atoms with van der Waals surface area (Å²) < 4.78 is 0. The number of rotatable bonds is 5. The van der Waals surface area contributed by atoms with Crippen molar-refractivity contribution in [3.63, 3.8) is 0 Å². The van der Waals surface area contributed by atoms with Gasteiger partial charge in [0, 0.05) is 31.1 Å². The normalized spacial score (nSPS) is 10.4. The van der Waals surface area contributed by atoms with Gasteiger partial charge in [0.05, 0.1) is 17.9 Å². The summed E-state index contributed by atoms with van der Waals surface area (Å²) in [5.74, 6) is -0.0328. The van der Waals surface area contributed by atoms with E-state index < -0.39 is 0 Å². The van der Waals surface area contributed by atoms with E-state index in [9.17, 15) is 4.79 Å². The van der Waals surface area contributed by atoms with Gasteiger partial charge in [0.15, 0.2) is 0 Å². The Morgan fingerprint density at radius 2 is 2.05 bits per heavy atom. The van der Waals surface area contributed by atoms with Crippen LogP contribution in [0.2, 0.25) is 0 Å². The minimum atomic E-state index is -0.0328. The first-order chi connectivity index (χ1) is 10.0. The summed E-state index contributed by atoms with van der Waals surface area (Å²) in [5, 5.41) is 2.07. The molecule has 2 rings (SSSR count). The van der Waals surface area contributed by atoms with Gasteiger partial charge >= 0.3 is 0 Å². The molecule has 0 radical (unpaired) electrons. The quantitative estimate of drug-likeness (QED) is 0.864. The molecule has 1 heterocycles. The second-order valence-corrected chi connectivity index (χ2v) is 6.10. The topological polar surface area (TPSA) is 49.6 Å². The highest BCUT2D eigenvalue weighted by molar-refractivity contribution is 7.09. The van der Waals surface area contributed by atoms with Crippen LogP contribution in [0.4, 0.5) is 11.4 Å². The molecular formula is C16H21N3OS. The predicted octanol–water partition coefficient (Wildman–Crippen LogP) is 3.06. The van der Waals surface area contributed by atoms with Gasteiger partial charge in [0.2, 0.25) is 0 Å². The molecule has 21 heavy (non-hydrogen) atoms. The predicted molar refractivity (Wildman–Crippen MR) is 89.9 cm³/mol. The Hall–Kier alpha value is -2.01. The Morgan fingerprint density at radius 1 is 1.29 bits per heavy atom. The summed E-state index contributed by atoms with van der Waals surface area (Å²) in [6.45, 7) is 3.80. The molecule has 1 aromatic heterocycles. The first-order valence-electron chi connectivity index (χ1n) is 6.91. The van der Waals surface area contributed by atoms with Crippen molar-refractivity contribution in [1.82, 2.24) is 4.90 Å². The summed E-state index contributed by atoms with van der Waals surface area (Å²) >= 11 is 1.74. The van der Waals surface area contributed by atoms with E-state index in [0.29, 0.717) is 11.3 Å². The van der Waals surface area contributed by atoms with Gasteiger partial charge in [-0.15, -0.1) is 11.3 Å². The Morgan fingerprint density at radius 3 is 2.57 bits per heavy atom. The minimum absolute atomic E-state index is 0.0328. The van der Waals surface area contributed by atoms with E-state index in [4.69, 9.17) is 5.73 Å². The third-order valence-corrected chi connectivity index (χ3v) is 4.19. The standard InChI is InChI=1S/C16H21N3OS/c1-4-19(11-13-6-5-9-21-13)15-8-7-12(10-14(15)17)16(20)18(2)3/h5-10H,4,11,17H2,1-3H3. The molecule has 0 fully saturated rings. The molecule has 0 saturated carbocycles. The van der Waals surface area contributed by atoms with Gasteiger partial charge in [-0.05, 0) is 36.6 Å². The number of nitrogen functional groups attached to an aromatic ring is 1. The Kier molecular flexibility index (Phi) is 4.85. The fourth-order valence-corrected chi connectivity index (χ4v) is 2.91. The maximum absolute atomic E-state index is 12.0. The number of hydrogen-bond acceptors (Lipinski definition) is 4. The van der Waals surface area contributed by atoms with Gasteiger partial charge in [-0.3, -0.25) is 4.79 Å². The lowest BCUT2D eigenvalue weighted by molar-refractivity contribution is 0.0827. The smallest absolute Gasteiger partial charge is 0.253 e. The zero-order chi connectivity index (χ0) is 15.4. The van der Waals surface area contributed by atoms with Crippen molar-refractivity contribution in [2.24, 2.45) is 0 Å². The molecule has 112 valence electrons. The minimum Gasteiger partial charge on any atom is -0.397 e. The molecule has 2 aromatic rings. The number of hydrogen-bond donors (Lipinski definition) is 1. The lowest BCUT2D eigenvalue weighted by Crippen LogP contribution is -2.24. The highest BCUT2D eigenvalue weighted by Gasteiger charge is 2.13. The molecular weight excluding hydrogens is 282 g/mol. The Labute approximate surface area is 129 Å². The van der Waals surface area contributed by atoms with E-state index >= 15 is 0 Å². The van der Waals surface area contributed by atoms with E-state index in [1.165, 1.54) is 4.88 Å². The number of amides is 1. The Bertz CT molecular complexity index is 608. The van der Waals surface area contributed by atoms with Crippen molar-refractivity contribution in [2.45, 2.75) is 13.5 Å². The van der Waals surface area contributed by atoms with Crippen LogP contribution in [0.5, 0.6) is 0 Å². The monoisotopic (exact) mass is 303 g/mol. The van der Waals surface area contributed by atoms with Crippen LogP contribution < -0.4 is 10.6 Å². The van der Waals surface area contributed by atoms with Crippen LogP contribution in [0.1, 0.15) is 22.2 Å². The average Bonchev–Trinajstić information content (AvgIpc) is 2.97. The van der Waals surface area contributed by atoms with E-state index in [-0.39, 0.29) is 5.91 Å². The summed E-state index contributed by atoms with van der Waals surface area (Å²) in [6, 6.07) is 9.70. The zero-order valence-electron chi connectivity index (χ0n) is 12.7. The van der Waals surface area contributed by atoms with Crippen LogP contribution in [0.15, 0.2) is 35.7 Å². The van der Waals surface area contributed by atoms with E-state index in [1.54, 1.807) is 36.4 Å². The van der Waals surface area contributed by atoms with E-state index in [0.717, 1.165) is 18.8 Å². The van der Waals surface area contributed by atoms with Gasteiger partial charge in [0.25, 0.3) is 5.91 Å². The maximum atomic E-state index is 12.0. The molecule has 0 saturated heterocycles. The fourth-order valence-electron chi connectivity index (χ4n) is 2.19. The van der Waals surface area contributed by atoms with Gasteiger partial charge < -0.3 is 15.5 Å².